The minimum absolute atomic E-state index is 0.149. The van der Waals surface area contributed by atoms with Crippen LogP contribution in [0.5, 0.6) is 5.75 Å². The fourth-order valence-corrected chi connectivity index (χ4v) is 3.34. The quantitative estimate of drug-likeness (QED) is 0.361. The van der Waals surface area contributed by atoms with Crippen LogP contribution in [0.15, 0.2) is 76.3 Å². The van der Waals surface area contributed by atoms with Gasteiger partial charge in [0, 0.05) is 32.2 Å². The van der Waals surface area contributed by atoms with Crippen LogP contribution >= 0.6 is 0 Å². The normalized spacial score (nSPS) is 11.8. The Morgan fingerprint density at radius 3 is 2.25 bits per heavy atom. The third-order valence-corrected chi connectivity index (χ3v) is 4.87. The van der Waals surface area contributed by atoms with Gasteiger partial charge in [0.15, 0.2) is 5.96 Å². The Labute approximate surface area is 186 Å². The third kappa shape index (κ3) is 7.09. The zero-order valence-electron chi connectivity index (χ0n) is 18.2. The summed E-state index contributed by atoms with van der Waals surface area (Å²) in [7, 11) is 3.71. The van der Waals surface area contributed by atoms with E-state index in [0.29, 0.717) is 24.6 Å². The molecule has 0 atom stereocenters. The molecule has 0 aliphatic heterocycles. The summed E-state index contributed by atoms with van der Waals surface area (Å²) in [6.45, 7) is -0.507. The van der Waals surface area contributed by atoms with Gasteiger partial charge in [-0.2, -0.15) is 8.78 Å². The number of furan rings is 1. The van der Waals surface area contributed by atoms with E-state index in [9.17, 15) is 8.78 Å². The molecule has 0 fully saturated rings. The third-order valence-electron chi connectivity index (χ3n) is 4.87. The molecule has 0 radical (unpaired) electrons. The second-order valence-electron chi connectivity index (χ2n) is 7.29. The molecule has 0 amide bonds. The molecular formula is C24H28F2N4O2. The molecule has 8 heteroatoms. The van der Waals surface area contributed by atoms with Gasteiger partial charge >= 0.3 is 6.61 Å². The molecule has 170 valence electrons. The largest absolute Gasteiger partial charge is 0.468 e. The molecule has 0 saturated heterocycles. The van der Waals surface area contributed by atoms with Crippen LogP contribution in [0, 0.1) is 0 Å². The van der Waals surface area contributed by atoms with E-state index in [4.69, 9.17) is 4.42 Å². The molecule has 0 unspecified atom stereocenters. The van der Waals surface area contributed by atoms with Gasteiger partial charge < -0.3 is 19.8 Å². The zero-order chi connectivity index (χ0) is 22.8. The van der Waals surface area contributed by atoms with Crippen molar-refractivity contribution in [1.29, 1.82) is 0 Å². The molecule has 3 aromatic rings. The van der Waals surface area contributed by atoms with Gasteiger partial charge in [0.1, 0.15) is 11.5 Å². The van der Waals surface area contributed by atoms with E-state index < -0.39 is 6.61 Å². The highest BCUT2D eigenvalue weighted by molar-refractivity contribution is 5.79. The first-order valence-corrected chi connectivity index (χ1v) is 10.3. The maximum Gasteiger partial charge on any atom is 0.387 e. The summed E-state index contributed by atoms with van der Waals surface area (Å²) < 4.78 is 35.3. The van der Waals surface area contributed by atoms with Crippen LogP contribution in [0.2, 0.25) is 0 Å². The van der Waals surface area contributed by atoms with E-state index in [1.807, 2.05) is 31.3 Å². The molecule has 1 heterocycles. The molecule has 0 aliphatic carbocycles. The van der Waals surface area contributed by atoms with Crippen molar-refractivity contribution >= 4 is 5.96 Å². The van der Waals surface area contributed by atoms with Crippen LogP contribution in [0.3, 0.4) is 0 Å². The molecule has 1 aromatic heterocycles. The topological polar surface area (TPSA) is 62.0 Å². The van der Waals surface area contributed by atoms with Gasteiger partial charge in [-0.3, -0.25) is 9.89 Å². The van der Waals surface area contributed by atoms with Crippen molar-refractivity contribution in [1.82, 2.24) is 15.5 Å². The number of hydrogen-bond donors (Lipinski definition) is 2. The summed E-state index contributed by atoms with van der Waals surface area (Å²) in [6, 6.07) is 18.7. The standard InChI is InChI=1S/C24H28F2N4O2/c1-27-24(29-15-19-9-5-6-12-22(19)32-23(25)26)28-14-18-8-3-4-10-20(18)16-30(2)17-21-11-7-13-31-21/h3-13,23H,14-17H2,1-2H3,(H2,27,28,29). The van der Waals surface area contributed by atoms with Crippen LogP contribution < -0.4 is 15.4 Å². The van der Waals surface area contributed by atoms with Crippen LogP contribution in [0.4, 0.5) is 8.78 Å². The van der Waals surface area contributed by atoms with Crippen LogP contribution in [-0.4, -0.2) is 31.6 Å². The van der Waals surface area contributed by atoms with Crippen molar-refractivity contribution in [3.05, 3.63) is 89.4 Å². The molecule has 6 nitrogen and oxygen atoms in total. The molecule has 2 N–H and O–H groups in total. The van der Waals surface area contributed by atoms with Crippen molar-refractivity contribution in [3.8, 4) is 5.75 Å². The first kappa shape index (κ1) is 23.3. The lowest BCUT2D eigenvalue weighted by Gasteiger charge is -2.19. The Morgan fingerprint density at radius 1 is 0.938 bits per heavy atom. The SMILES string of the molecule is CN=C(NCc1ccccc1CN(C)Cc1ccco1)NCc1ccccc1OC(F)F. The smallest absolute Gasteiger partial charge is 0.387 e. The summed E-state index contributed by atoms with van der Waals surface area (Å²) >= 11 is 0. The minimum atomic E-state index is -2.86. The predicted octanol–water partition coefficient (Wildman–Crippen LogP) is 4.38. The van der Waals surface area contributed by atoms with Gasteiger partial charge in [-0.15, -0.1) is 0 Å². The van der Waals surface area contributed by atoms with Gasteiger partial charge in [0.05, 0.1) is 12.8 Å². The number of para-hydroxylation sites is 1. The van der Waals surface area contributed by atoms with Crippen LogP contribution in [0.1, 0.15) is 22.5 Å². The number of alkyl halides is 2. The summed E-state index contributed by atoms with van der Waals surface area (Å²) in [6.07, 6.45) is 1.68. The van der Waals surface area contributed by atoms with E-state index in [1.165, 1.54) is 11.6 Å². The van der Waals surface area contributed by atoms with Crippen molar-refractivity contribution in [2.75, 3.05) is 14.1 Å². The van der Waals surface area contributed by atoms with Crippen LogP contribution in [-0.2, 0) is 26.2 Å². The average molecular weight is 443 g/mol. The lowest BCUT2D eigenvalue weighted by molar-refractivity contribution is -0.0504. The number of nitrogens with zero attached hydrogens (tertiary/aromatic N) is 2. The second-order valence-corrected chi connectivity index (χ2v) is 7.29. The van der Waals surface area contributed by atoms with Crippen molar-refractivity contribution < 1.29 is 17.9 Å². The fourth-order valence-electron chi connectivity index (χ4n) is 3.34. The van der Waals surface area contributed by atoms with Gasteiger partial charge in [-0.1, -0.05) is 42.5 Å². The molecule has 0 aliphatic rings. The average Bonchev–Trinajstić information content (AvgIpc) is 3.28. The monoisotopic (exact) mass is 442 g/mol. The maximum absolute atomic E-state index is 12.6. The molecule has 2 aromatic carbocycles. The van der Waals surface area contributed by atoms with Gasteiger partial charge in [-0.05, 0) is 36.4 Å². The first-order valence-electron chi connectivity index (χ1n) is 10.3. The van der Waals surface area contributed by atoms with Crippen molar-refractivity contribution in [3.63, 3.8) is 0 Å². The minimum Gasteiger partial charge on any atom is -0.468 e. The van der Waals surface area contributed by atoms with Crippen LogP contribution in [0.25, 0.3) is 0 Å². The molecular weight excluding hydrogens is 414 g/mol. The van der Waals surface area contributed by atoms with E-state index >= 15 is 0 Å². The predicted molar refractivity (Wildman–Crippen MR) is 120 cm³/mol. The number of ether oxygens (including phenoxy) is 1. The van der Waals surface area contributed by atoms with E-state index in [-0.39, 0.29) is 5.75 Å². The maximum atomic E-state index is 12.6. The van der Waals surface area contributed by atoms with Gasteiger partial charge in [0.25, 0.3) is 0 Å². The Morgan fingerprint density at radius 2 is 1.59 bits per heavy atom. The molecule has 0 saturated carbocycles. The number of nitrogens with one attached hydrogen (secondary N) is 2. The lowest BCUT2D eigenvalue weighted by atomic mass is 10.1. The highest BCUT2D eigenvalue weighted by atomic mass is 19.3. The number of rotatable bonds is 10. The molecule has 0 spiro atoms. The molecule has 3 rings (SSSR count). The molecule has 32 heavy (non-hydrogen) atoms. The fraction of sp³-hybridized carbons (Fsp3) is 0.292. The Hall–Kier alpha value is -3.39. The summed E-state index contributed by atoms with van der Waals surface area (Å²) in [5.41, 5.74) is 2.96. The number of halogens is 2. The highest BCUT2D eigenvalue weighted by Gasteiger charge is 2.11. The van der Waals surface area contributed by atoms with Gasteiger partial charge in [-0.25, -0.2) is 0 Å². The zero-order valence-corrected chi connectivity index (χ0v) is 18.2. The molecule has 0 bridgehead atoms. The van der Waals surface area contributed by atoms with Crippen molar-refractivity contribution in [2.45, 2.75) is 32.8 Å². The Kier molecular flexibility index (Phi) is 8.62. The summed E-state index contributed by atoms with van der Waals surface area (Å²) in [5.74, 6) is 1.63. The summed E-state index contributed by atoms with van der Waals surface area (Å²) in [4.78, 5) is 6.42. The highest BCUT2D eigenvalue weighted by Crippen LogP contribution is 2.20. The number of guanidine groups is 1. The number of aliphatic imine (C=N–C) groups is 1. The van der Waals surface area contributed by atoms with E-state index in [0.717, 1.165) is 24.4 Å². The van der Waals surface area contributed by atoms with E-state index in [1.54, 1.807) is 31.5 Å². The second kappa shape index (κ2) is 11.9. The van der Waals surface area contributed by atoms with Gasteiger partial charge in [0.2, 0.25) is 0 Å². The number of hydrogen-bond acceptors (Lipinski definition) is 4. The summed E-state index contributed by atoms with van der Waals surface area (Å²) in [5, 5.41) is 6.44. The van der Waals surface area contributed by atoms with E-state index in [2.05, 4.69) is 37.4 Å². The number of benzene rings is 2. The Bertz CT molecular complexity index is 993. The Balaban J connectivity index is 1.56. The van der Waals surface area contributed by atoms with Crippen molar-refractivity contribution in [2.24, 2.45) is 4.99 Å². The lowest BCUT2D eigenvalue weighted by Crippen LogP contribution is -2.36. The first-order chi connectivity index (χ1) is 15.5.